The summed E-state index contributed by atoms with van der Waals surface area (Å²) in [4.78, 5) is 23.4. The van der Waals surface area contributed by atoms with Crippen molar-refractivity contribution >= 4 is 44.3 Å². The molecule has 8 heteroatoms. The number of rotatable bonds is 4. The van der Waals surface area contributed by atoms with Gasteiger partial charge in [-0.15, -0.1) is 0 Å². The molecule has 0 amide bonds. The van der Waals surface area contributed by atoms with Gasteiger partial charge in [0.1, 0.15) is 5.69 Å². The lowest BCUT2D eigenvalue weighted by atomic mass is 10.1. The van der Waals surface area contributed by atoms with Gasteiger partial charge in [-0.25, -0.2) is 14.8 Å². The van der Waals surface area contributed by atoms with E-state index < -0.39 is 5.97 Å². The average molecular weight is 432 g/mol. The van der Waals surface area contributed by atoms with E-state index >= 15 is 0 Å². The lowest BCUT2D eigenvalue weighted by Crippen LogP contribution is -2.45. The number of aromatic nitrogens is 2. The summed E-state index contributed by atoms with van der Waals surface area (Å²) in [7, 11) is 1.35. The number of carbonyl (C=O) groups is 1. The SMILES string of the molecule is COC(=O)c1cccc(Cc2cc(Cl)cc3sc(N4C[C@@H](C)O[C@@H](C)C4)nc23)n1. The summed E-state index contributed by atoms with van der Waals surface area (Å²) in [6.45, 7) is 5.79. The predicted octanol–water partition coefficient (Wildman–Crippen LogP) is 4.34. The highest BCUT2D eigenvalue weighted by Gasteiger charge is 2.25. The van der Waals surface area contributed by atoms with Crippen LogP contribution in [0.3, 0.4) is 0 Å². The zero-order valence-electron chi connectivity index (χ0n) is 16.5. The second kappa shape index (κ2) is 8.26. The Balaban J connectivity index is 1.68. The number of benzene rings is 1. The molecule has 1 aliphatic rings. The summed E-state index contributed by atoms with van der Waals surface area (Å²) in [6.07, 6.45) is 0.860. The molecule has 2 atom stereocenters. The van der Waals surface area contributed by atoms with Gasteiger partial charge in [0.05, 0.1) is 29.5 Å². The third-order valence-corrected chi connectivity index (χ3v) is 6.07. The van der Waals surface area contributed by atoms with Gasteiger partial charge in [0, 0.05) is 30.2 Å². The second-order valence-corrected chi connectivity index (χ2v) is 8.70. The summed E-state index contributed by atoms with van der Waals surface area (Å²) in [5, 5.41) is 1.64. The van der Waals surface area contributed by atoms with E-state index in [-0.39, 0.29) is 12.2 Å². The number of methoxy groups -OCH3 is 1. The molecule has 2 aromatic heterocycles. The average Bonchev–Trinajstić information content (AvgIpc) is 3.11. The van der Waals surface area contributed by atoms with Crippen LogP contribution in [0.1, 0.15) is 35.6 Å². The number of carbonyl (C=O) groups excluding carboxylic acids is 1. The van der Waals surface area contributed by atoms with Crippen LogP contribution in [0.2, 0.25) is 5.02 Å². The summed E-state index contributed by atoms with van der Waals surface area (Å²) < 4.78 is 11.7. The number of anilines is 1. The minimum absolute atomic E-state index is 0.166. The largest absolute Gasteiger partial charge is 0.464 e. The van der Waals surface area contributed by atoms with E-state index in [0.29, 0.717) is 17.1 Å². The highest BCUT2D eigenvalue weighted by molar-refractivity contribution is 7.22. The molecule has 0 N–H and O–H groups in total. The van der Waals surface area contributed by atoms with Crippen molar-refractivity contribution in [1.29, 1.82) is 0 Å². The first-order chi connectivity index (χ1) is 13.9. The van der Waals surface area contributed by atoms with E-state index in [1.807, 2.05) is 18.2 Å². The highest BCUT2D eigenvalue weighted by atomic mass is 35.5. The molecule has 0 bridgehead atoms. The first kappa shape index (κ1) is 20.1. The van der Waals surface area contributed by atoms with Gasteiger partial charge < -0.3 is 14.4 Å². The molecule has 0 spiro atoms. The standard InChI is InChI=1S/C21H22ClN3O3S/c1-12-10-25(11-13(2)28-12)21-24-19-14(7-15(22)9-18(19)29-21)8-16-5-4-6-17(23-16)20(26)27-3/h4-7,9,12-13H,8,10-11H2,1-3H3/t12-,13+. The zero-order valence-corrected chi connectivity index (χ0v) is 18.1. The Bertz CT molecular complexity index is 1040. The molecule has 1 aliphatic heterocycles. The normalized spacial score (nSPS) is 19.5. The second-order valence-electron chi connectivity index (χ2n) is 7.25. The summed E-state index contributed by atoms with van der Waals surface area (Å²) >= 11 is 8.03. The van der Waals surface area contributed by atoms with Gasteiger partial charge >= 0.3 is 5.97 Å². The Kier molecular flexibility index (Phi) is 5.72. The van der Waals surface area contributed by atoms with E-state index in [4.69, 9.17) is 26.1 Å². The van der Waals surface area contributed by atoms with Gasteiger partial charge in [-0.1, -0.05) is 29.0 Å². The van der Waals surface area contributed by atoms with Crippen molar-refractivity contribution in [3.63, 3.8) is 0 Å². The van der Waals surface area contributed by atoms with E-state index in [0.717, 1.165) is 39.7 Å². The summed E-state index contributed by atoms with van der Waals surface area (Å²) in [5.74, 6) is -0.449. The van der Waals surface area contributed by atoms with Crippen LogP contribution in [0.25, 0.3) is 10.2 Å². The molecule has 1 aromatic carbocycles. The summed E-state index contributed by atoms with van der Waals surface area (Å²) in [6, 6.07) is 9.21. The topological polar surface area (TPSA) is 64.5 Å². The Morgan fingerprint density at radius 1 is 1.28 bits per heavy atom. The monoisotopic (exact) mass is 431 g/mol. The van der Waals surface area contributed by atoms with Gasteiger partial charge in [0.2, 0.25) is 0 Å². The van der Waals surface area contributed by atoms with Crippen molar-refractivity contribution < 1.29 is 14.3 Å². The zero-order chi connectivity index (χ0) is 20.5. The quantitative estimate of drug-likeness (QED) is 0.573. The van der Waals surface area contributed by atoms with Crippen LogP contribution < -0.4 is 4.90 Å². The molecule has 4 rings (SSSR count). The molecular formula is C21H22ClN3O3S. The van der Waals surface area contributed by atoms with Crippen molar-refractivity contribution in [1.82, 2.24) is 9.97 Å². The molecule has 152 valence electrons. The fourth-order valence-electron chi connectivity index (χ4n) is 3.65. The maximum absolute atomic E-state index is 11.8. The Hall–Kier alpha value is -2.22. The maximum atomic E-state index is 11.8. The van der Waals surface area contributed by atoms with Gasteiger partial charge in [-0.2, -0.15) is 0 Å². The van der Waals surface area contributed by atoms with Crippen LogP contribution >= 0.6 is 22.9 Å². The lowest BCUT2D eigenvalue weighted by molar-refractivity contribution is -0.00522. The first-order valence-electron chi connectivity index (χ1n) is 9.46. The molecule has 0 radical (unpaired) electrons. The van der Waals surface area contributed by atoms with Crippen molar-refractivity contribution in [2.24, 2.45) is 0 Å². The van der Waals surface area contributed by atoms with Crippen molar-refractivity contribution in [2.75, 3.05) is 25.1 Å². The smallest absolute Gasteiger partial charge is 0.356 e. The Morgan fingerprint density at radius 2 is 2.03 bits per heavy atom. The van der Waals surface area contributed by atoms with Crippen LogP contribution in [0.5, 0.6) is 0 Å². The number of thiazole rings is 1. The fourth-order valence-corrected chi connectivity index (χ4v) is 5.02. The summed E-state index contributed by atoms with van der Waals surface area (Å²) in [5.41, 5.74) is 2.96. The number of hydrogen-bond donors (Lipinski definition) is 0. The molecule has 29 heavy (non-hydrogen) atoms. The number of esters is 1. The minimum Gasteiger partial charge on any atom is -0.464 e. The molecular weight excluding hydrogens is 410 g/mol. The Labute approximate surface area is 178 Å². The number of fused-ring (bicyclic) bond motifs is 1. The van der Waals surface area contributed by atoms with Crippen LogP contribution in [0.4, 0.5) is 5.13 Å². The molecule has 0 saturated carbocycles. The third-order valence-electron chi connectivity index (χ3n) is 4.79. The first-order valence-corrected chi connectivity index (χ1v) is 10.7. The molecule has 6 nitrogen and oxygen atoms in total. The van der Waals surface area contributed by atoms with Crippen molar-refractivity contribution in [3.05, 3.63) is 52.3 Å². The van der Waals surface area contributed by atoms with E-state index in [1.165, 1.54) is 7.11 Å². The van der Waals surface area contributed by atoms with E-state index in [2.05, 4.69) is 23.7 Å². The molecule has 0 aliphatic carbocycles. The van der Waals surface area contributed by atoms with Gasteiger partial charge in [0.15, 0.2) is 5.13 Å². The molecule has 3 heterocycles. The molecule has 1 fully saturated rings. The number of nitrogens with zero attached hydrogens (tertiary/aromatic N) is 3. The number of morpholine rings is 1. The highest BCUT2D eigenvalue weighted by Crippen LogP contribution is 2.35. The van der Waals surface area contributed by atoms with E-state index in [1.54, 1.807) is 23.5 Å². The fraction of sp³-hybridized carbons (Fsp3) is 0.381. The van der Waals surface area contributed by atoms with E-state index in [9.17, 15) is 4.79 Å². The number of pyridine rings is 1. The van der Waals surface area contributed by atoms with Crippen LogP contribution in [0.15, 0.2) is 30.3 Å². The van der Waals surface area contributed by atoms with Crippen molar-refractivity contribution in [2.45, 2.75) is 32.5 Å². The number of halogens is 1. The third kappa shape index (κ3) is 4.37. The molecule has 0 unspecified atom stereocenters. The predicted molar refractivity (Wildman–Crippen MR) is 115 cm³/mol. The number of ether oxygens (including phenoxy) is 2. The van der Waals surface area contributed by atoms with Gasteiger partial charge in [-0.3, -0.25) is 0 Å². The maximum Gasteiger partial charge on any atom is 0.356 e. The lowest BCUT2D eigenvalue weighted by Gasteiger charge is -2.35. The van der Waals surface area contributed by atoms with Crippen LogP contribution in [-0.4, -0.2) is 48.3 Å². The van der Waals surface area contributed by atoms with Gasteiger partial charge in [0.25, 0.3) is 0 Å². The molecule has 3 aromatic rings. The van der Waals surface area contributed by atoms with Crippen LogP contribution in [0, 0.1) is 0 Å². The Morgan fingerprint density at radius 3 is 2.76 bits per heavy atom. The number of hydrogen-bond acceptors (Lipinski definition) is 7. The van der Waals surface area contributed by atoms with Crippen LogP contribution in [-0.2, 0) is 15.9 Å². The molecule has 1 saturated heterocycles. The van der Waals surface area contributed by atoms with Crippen molar-refractivity contribution in [3.8, 4) is 0 Å². The minimum atomic E-state index is -0.449. The van der Waals surface area contributed by atoms with Gasteiger partial charge in [-0.05, 0) is 43.7 Å².